The van der Waals surface area contributed by atoms with Crippen LogP contribution in [-0.4, -0.2) is 59.0 Å². The second kappa shape index (κ2) is 8.55. The van der Waals surface area contributed by atoms with E-state index in [0.29, 0.717) is 18.5 Å². The van der Waals surface area contributed by atoms with Crippen molar-refractivity contribution in [1.82, 2.24) is 25.1 Å². The Labute approximate surface area is 138 Å². The number of carbonyl (C=O) groups excluding carboxylic acids is 1. The molecular formula is C16H28N6O. The van der Waals surface area contributed by atoms with Gasteiger partial charge in [-0.05, 0) is 26.2 Å². The Morgan fingerprint density at radius 2 is 2.13 bits per heavy atom. The predicted molar refractivity (Wildman–Crippen MR) is 91.3 cm³/mol. The smallest absolute Gasteiger partial charge is 0.241 e. The van der Waals surface area contributed by atoms with E-state index in [1.165, 1.54) is 0 Å². The summed E-state index contributed by atoms with van der Waals surface area (Å²) in [5.74, 6) is 1.36. The van der Waals surface area contributed by atoms with Gasteiger partial charge in [0.1, 0.15) is 6.54 Å². The SMILES string of the molecule is CCNC(=O)CN=C(NCC)N1CCC(C)C(n2ccnc2)C1. The molecule has 128 valence electrons. The molecule has 7 heteroatoms. The molecule has 1 aromatic rings. The summed E-state index contributed by atoms with van der Waals surface area (Å²) < 4.78 is 2.17. The van der Waals surface area contributed by atoms with E-state index in [1.807, 2.05) is 32.6 Å². The van der Waals surface area contributed by atoms with Crippen molar-refractivity contribution in [3.05, 3.63) is 18.7 Å². The first kappa shape index (κ1) is 17.3. The van der Waals surface area contributed by atoms with Crippen molar-refractivity contribution in [2.45, 2.75) is 33.2 Å². The molecule has 0 radical (unpaired) electrons. The van der Waals surface area contributed by atoms with Gasteiger partial charge in [0, 0.05) is 38.6 Å². The van der Waals surface area contributed by atoms with Gasteiger partial charge in [0.15, 0.2) is 5.96 Å². The normalized spacial score (nSPS) is 22.0. The largest absolute Gasteiger partial charge is 0.357 e. The summed E-state index contributed by atoms with van der Waals surface area (Å²) in [6.07, 6.45) is 6.81. The van der Waals surface area contributed by atoms with Crippen LogP contribution in [-0.2, 0) is 4.79 Å². The molecule has 0 aromatic carbocycles. The van der Waals surface area contributed by atoms with E-state index in [-0.39, 0.29) is 12.5 Å². The van der Waals surface area contributed by atoms with Crippen molar-refractivity contribution in [3.63, 3.8) is 0 Å². The number of hydrogen-bond acceptors (Lipinski definition) is 3. The first-order valence-corrected chi connectivity index (χ1v) is 8.43. The zero-order valence-corrected chi connectivity index (χ0v) is 14.3. The minimum absolute atomic E-state index is 0.0422. The van der Waals surface area contributed by atoms with Crippen molar-refractivity contribution in [1.29, 1.82) is 0 Å². The van der Waals surface area contributed by atoms with E-state index >= 15 is 0 Å². The molecule has 23 heavy (non-hydrogen) atoms. The summed E-state index contributed by atoms with van der Waals surface area (Å²) in [6, 6.07) is 0.375. The Bertz CT molecular complexity index is 513. The van der Waals surface area contributed by atoms with Crippen molar-refractivity contribution in [2.75, 3.05) is 32.7 Å². The van der Waals surface area contributed by atoms with Crippen molar-refractivity contribution in [3.8, 4) is 0 Å². The third kappa shape index (κ3) is 4.71. The number of imidazole rings is 1. The van der Waals surface area contributed by atoms with Crippen LogP contribution in [0.5, 0.6) is 0 Å². The molecule has 1 aliphatic rings. The number of aromatic nitrogens is 2. The molecule has 1 fully saturated rings. The van der Waals surface area contributed by atoms with E-state index < -0.39 is 0 Å². The fourth-order valence-corrected chi connectivity index (χ4v) is 2.92. The molecule has 2 heterocycles. The number of guanidine groups is 1. The molecule has 1 saturated heterocycles. The fourth-order valence-electron chi connectivity index (χ4n) is 2.92. The molecule has 1 aliphatic heterocycles. The van der Waals surface area contributed by atoms with E-state index in [4.69, 9.17) is 0 Å². The number of hydrogen-bond donors (Lipinski definition) is 2. The lowest BCUT2D eigenvalue weighted by atomic mass is 9.93. The molecule has 0 spiro atoms. The number of rotatable bonds is 5. The van der Waals surface area contributed by atoms with Gasteiger partial charge in [0.25, 0.3) is 0 Å². The van der Waals surface area contributed by atoms with Crippen LogP contribution in [0.15, 0.2) is 23.7 Å². The maximum atomic E-state index is 11.7. The lowest BCUT2D eigenvalue weighted by Crippen LogP contribution is -2.49. The van der Waals surface area contributed by atoms with E-state index in [2.05, 4.69) is 37.0 Å². The Kier molecular flexibility index (Phi) is 6.43. The highest BCUT2D eigenvalue weighted by Crippen LogP contribution is 2.27. The highest BCUT2D eigenvalue weighted by atomic mass is 16.1. The van der Waals surface area contributed by atoms with Gasteiger partial charge < -0.3 is 20.1 Å². The molecule has 0 saturated carbocycles. The van der Waals surface area contributed by atoms with Crippen LogP contribution in [0.25, 0.3) is 0 Å². The summed E-state index contributed by atoms with van der Waals surface area (Å²) in [5, 5.41) is 6.08. The first-order valence-electron chi connectivity index (χ1n) is 8.43. The second-order valence-electron chi connectivity index (χ2n) is 5.91. The van der Waals surface area contributed by atoms with Gasteiger partial charge in [0.2, 0.25) is 5.91 Å². The highest BCUT2D eigenvalue weighted by Gasteiger charge is 2.28. The molecule has 7 nitrogen and oxygen atoms in total. The second-order valence-corrected chi connectivity index (χ2v) is 5.91. The molecule has 2 N–H and O–H groups in total. The molecule has 1 aromatic heterocycles. The molecule has 2 unspecified atom stereocenters. The molecular weight excluding hydrogens is 292 g/mol. The third-order valence-electron chi connectivity index (χ3n) is 4.21. The van der Waals surface area contributed by atoms with Crippen LogP contribution in [0.2, 0.25) is 0 Å². The number of likely N-dealkylation sites (N-methyl/N-ethyl adjacent to an activating group) is 1. The van der Waals surface area contributed by atoms with Gasteiger partial charge in [-0.2, -0.15) is 0 Å². The molecule has 1 amide bonds. The first-order chi connectivity index (χ1) is 11.2. The zero-order chi connectivity index (χ0) is 16.7. The van der Waals surface area contributed by atoms with E-state index in [0.717, 1.165) is 32.0 Å². The monoisotopic (exact) mass is 320 g/mol. The lowest BCUT2D eigenvalue weighted by molar-refractivity contribution is -0.119. The van der Waals surface area contributed by atoms with Gasteiger partial charge in [-0.1, -0.05) is 6.92 Å². The Morgan fingerprint density at radius 1 is 1.35 bits per heavy atom. The van der Waals surface area contributed by atoms with Crippen LogP contribution in [0, 0.1) is 5.92 Å². The third-order valence-corrected chi connectivity index (χ3v) is 4.21. The number of amides is 1. The summed E-state index contributed by atoms with van der Waals surface area (Å²) in [6.45, 7) is 9.64. The van der Waals surface area contributed by atoms with Crippen molar-refractivity contribution < 1.29 is 4.79 Å². The van der Waals surface area contributed by atoms with Crippen LogP contribution < -0.4 is 10.6 Å². The number of nitrogens with zero attached hydrogens (tertiary/aromatic N) is 4. The number of piperidine rings is 1. The van der Waals surface area contributed by atoms with Crippen molar-refractivity contribution >= 4 is 11.9 Å². The summed E-state index contributed by atoms with van der Waals surface area (Å²) in [5.41, 5.74) is 0. The minimum Gasteiger partial charge on any atom is -0.357 e. The molecule has 2 atom stereocenters. The van der Waals surface area contributed by atoms with Crippen LogP contribution in [0.3, 0.4) is 0 Å². The maximum Gasteiger partial charge on any atom is 0.241 e. The standard InChI is InChI=1S/C16H28N6O/c1-4-18-15(23)10-20-16(19-5-2)21-8-6-13(3)14(11-21)22-9-7-17-12-22/h7,9,12-14H,4-6,8,10-11H2,1-3H3,(H,18,23)(H,19,20). The maximum absolute atomic E-state index is 11.7. The highest BCUT2D eigenvalue weighted by molar-refractivity contribution is 5.85. The van der Waals surface area contributed by atoms with Crippen LogP contribution >= 0.6 is 0 Å². The number of likely N-dealkylation sites (tertiary alicyclic amines) is 1. The molecule has 0 aliphatic carbocycles. The fraction of sp³-hybridized carbons (Fsp3) is 0.688. The van der Waals surface area contributed by atoms with Gasteiger partial charge >= 0.3 is 0 Å². The van der Waals surface area contributed by atoms with Gasteiger partial charge in [-0.3, -0.25) is 4.79 Å². The number of aliphatic imine (C=N–C) groups is 1. The average Bonchev–Trinajstić information content (AvgIpc) is 3.06. The number of carbonyl (C=O) groups is 1. The lowest BCUT2D eigenvalue weighted by Gasteiger charge is -2.39. The topological polar surface area (TPSA) is 74.6 Å². The Morgan fingerprint density at radius 3 is 2.78 bits per heavy atom. The van der Waals surface area contributed by atoms with Crippen LogP contribution in [0.1, 0.15) is 33.2 Å². The predicted octanol–water partition coefficient (Wildman–Crippen LogP) is 0.868. The zero-order valence-electron chi connectivity index (χ0n) is 14.3. The van der Waals surface area contributed by atoms with Gasteiger partial charge in [-0.25, -0.2) is 9.98 Å². The quantitative estimate of drug-likeness (QED) is 0.623. The minimum atomic E-state index is -0.0422. The van der Waals surface area contributed by atoms with Gasteiger partial charge in [0.05, 0.1) is 12.4 Å². The average molecular weight is 320 g/mol. The van der Waals surface area contributed by atoms with E-state index in [1.54, 1.807) is 0 Å². The Balaban J connectivity index is 2.06. The van der Waals surface area contributed by atoms with Crippen molar-refractivity contribution in [2.24, 2.45) is 10.9 Å². The van der Waals surface area contributed by atoms with Crippen LogP contribution in [0.4, 0.5) is 0 Å². The Hall–Kier alpha value is -2.05. The number of nitrogens with one attached hydrogen (secondary N) is 2. The van der Waals surface area contributed by atoms with E-state index in [9.17, 15) is 4.79 Å². The molecule has 0 bridgehead atoms. The summed E-state index contributed by atoms with van der Waals surface area (Å²) in [7, 11) is 0. The summed E-state index contributed by atoms with van der Waals surface area (Å²) in [4.78, 5) is 22.6. The van der Waals surface area contributed by atoms with Gasteiger partial charge in [-0.15, -0.1) is 0 Å². The summed E-state index contributed by atoms with van der Waals surface area (Å²) >= 11 is 0. The molecule has 2 rings (SSSR count).